The van der Waals surface area contributed by atoms with Crippen molar-refractivity contribution in [3.63, 3.8) is 0 Å². The Morgan fingerprint density at radius 3 is 2.93 bits per heavy atom. The van der Waals surface area contributed by atoms with E-state index in [9.17, 15) is 4.79 Å². The average Bonchev–Trinajstić information content (AvgIpc) is 2.29. The lowest BCUT2D eigenvalue weighted by molar-refractivity contribution is 0.0788. The SMILES string of the molecule is CNCCCN(C)C(=O)c1ccccn1. The summed E-state index contributed by atoms with van der Waals surface area (Å²) in [6.45, 7) is 1.66. The minimum atomic E-state index is -0.0216. The molecule has 0 aromatic carbocycles. The lowest BCUT2D eigenvalue weighted by Gasteiger charge is -2.16. The van der Waals surface area contributed by atoms with Crippen LogP contribution >= 0.6 is 0 Å². The molecule has 0 saturated heterocycles. The Hall–Kier alpha value is -1.42. The Morgan fingerprint density at radius 1 is 1.53 bits per heavy atom. The first-order valence-corrected chi connectivity index (χ1v) is 5.07. The molecule has 1 N–H and O–H groups in total. The number of aromatic nitrogens is 1. The van der Waals surface area contributed by atoms with Gasteiger partial charge in [-0.1, -0.05) is 6.07 Å². The molecule has 82 valence electrons. The molecular weight excluding hydrogens is 190 g/mol. The third-order valence-corrected chi connectivity index (χ3v) is 2.15. The first kappa shape index (κ1) is 11.7. The third kappa shape index (κ3) is 3.67. The normalized spacial score (nSPS) is 10.0. The van der Waals surface area contributed by atoms with Crippen LogP contribution in [0.15, 0.2) is 24.4 Å². The van der Waals surface area contributed by atoms with Gasteiger partial charge in [0, 0.05) is 19.8 Å². The zero-order chi connectivity index (χ0) is 11.1. The van der Waals surface area contributed by atoms with Crippen LogP contribution in [0.5, 0.6) is 0 Å². The second-order valence-electron chi connectivity index (χ2n) is 3.40. The highest BCUT2D eigenvalue weighted by Gasteiger charge is 2.11. The predicted molar refractivity (Wildman–Crippen MR) is 59.7 cm³/mol. The third-order valence-electron chi connectivity index (χ3n) is 2.15. The van der Waals surface area contributed by atoms with E-state index in [1.165, 1.54) is 0 Å². The summed E-state index contributed by atoms with van der Waals surface area (Å²) in [6.07, 6.45) is 2.58. The van der Waals surface area contributed by atoms with Gasteiger partial charge in [0.15, 0.2) is 0 Å². The first-order valence-electron chi connectivity index (χ1n) is 5.07. The summed E-state index contributed by atoms with van der Waals surface area (Å²) in [5.74, 6) is -0.0216. The Bertz CT molecular complexity index is 300. The zero-order valence-electron chi connectivity index (χ0n) is 9.23. The molecule has 0 fully saturated rings. The van der Waals surface area contributed by atoms with Crippen molar-refractivity contribution in [2.75, 3.05) is 27.2 Å². The van der Waals surface area contributed by atoms with E-state index in [1.54, 1.807) is 30.3 Å². The first-order chi connectivity index (χ1) is 7.25. The molecule has 0 aliphatic rings. The van der Waals surface area contributed by atoms with Crippen LogP contribution < -0.4 is 5.32 Å². The molecule has 0 aliphatic heterocycles. The number of amides is 1. The zero-order valence-corrected chi connectivity index (χ0v) is 9.23. The second-order valence-corrected chi connectivity index (χ2v) is 3.40. The summed E-state index contributed by atoms with van der Waals surface area (Å²) >= 11 is 0. The van der Waals surface area contributed by atoms with Crippen LogP contribution in [0.3, 0.4) is 0 Å². The molecule has 15 heavy (non-hydrogen) atoms. The van der Waals surface area contributed by atoms with Crippen LogP contribution in [0.25, 0.3) is 0 Å². The minimum absolute atomic E-state index is 0.0216. The summed E-state index contributed by atoms with van der Waals surface area (Å²) in [6, 6.07) is 5.36. The average molecular weight is 207 g/mol. The maximum absolute atomic E-state index is 11.8. The number of carbonyl (C=O) groups is 1. The molecule has 1 amide bonds. The van der Waals surface area contributed by atoms with E-state index in [0.29, 0.717) is 5.69 Å². The van der Waals surface area contributed by atoms with Gasteiger partial charge in [0.25, 0.3) is 5.91 Å². The smallest absolute Gasteiger partial charge is 0.272 e. The molecule has 0 spiro atoms. The van der Waals surface area contributed by atoms with Crippen molar-refractivity contribution in [2.45, 2.75) is 6.42 Å². The van der Waals surface area contributed by atoms with Gasteiger partial charge in [0.05, 0.1) is 0 Å². The molecule has 0 aliphatic carbocycles. The fourth-order valence-corrected chi connectivity index (χ4v) is 1.28. The Kier molecular flexibility index (Phi) is 4.77. The molecule has 1 aromatic heterocycles. The molecule has 0 bridgehead atoms. The summed E-state index contributed by atoms with van der Waals surface area (Å²) < 4.78 is 0. The number of hydrogen-bond donors (Lipinski definition) is 1. The molecule has 4 nitrogen and oxygen atoms in total. The van der Waals surface area contributed by atoms with Crippen molar-refractivity contribution in [3.8, 4) is 0 Å². The molecule has 0 radical (unpaired) electrons. The van der Waals surface area contributed by atoms with E-state index < -0.39 is 0 Å². The van der Waals surface area contributed by atoms with Gasteiger partial charge in [-0.15, -0.1) is 0 Å². The second kappa shape index (κ2) is 6.14. The quantitative estimate of drug-likeness (QED) is 0.725. The molecule has 4 heteroatoms. The summed E-state index contributed by atoms with van der Waals surface area (Å²) in [7, 11) is 3.70. The van der Waals surface area contributed by atoms with E-state index in [2.05, 4.69) is 10.3 Å². The molecule has 0 unspecified atom stereocenters. The topological polar surface area (TPSA) is 45.2 Å². The van der Waals surface area contributed by atoms with Crippen LogP contribution in [-0.4, -0.2) is 43.0 Å². The van der Waals surface area contributed by atoms with Crippen LogP contribution in [0.2, 0.25) is 0 Å². The predicted octanol–water partition coefficient (Wildman–Crippen LogP) is 0.763. The number of carbonyl (C=O) groups excluding carboxylic acids is 1. The standard InChI is InChI=1S/C11H17N3O/c1-12-7-5-9-14(2)11(15)10-6-3-4-8-13-10/h3-4,6,8,12H,5,7,9H2,1-2H3. The van der Waals surface area contributed by atoms with Crippen molar-refractivity contribution >= 4 is 5.91 Å². The van der Waals surface area contributed by atoms with Gasteiger partial charge in [-0.3, -0.25) is 9.78 Å². The fraction of sp³-hybridized carbons (Fsp3) is 0.455. The van der Waals surface area contributed by atoms with E-state index in [-0.39, 0.29) is 5.91 Å². The highest BCUT2D eigenvalue weighted by molar-refractivity contribution is 5.91. The maximum atomic E-state index is 11.8. The van der Waals surface area contributed by atoms with Crippen LogP contribution in [0, 0.1) is 0 Å². The summed E-state index contributed by atoms with van der Waals surface area (Å²) in [4.78, 5) is 17.5. The van der Waals surface area contributed by atoms with Gasteiger partial charge in [0.1, 0.15) is 5.69 Å². The highest BCUT2D eigenvalue weighted by Crippen LogP contribution is 1.99. The number of nitrogens with zero attached hydrogens (tertiary/aromatic N) is 2. The number of pyridine rings is 1. The largest absolute Gasteiger partial charge is 0.340 e. The lowest BCUT2D eigenvalue weighted by atomic mass is 10.3. The molecule has 1 aromatic rings. The van der Waals surface area contributed by atoms with Gasteiger partial charge in [-0.2, -0.15) is 0 Å². The number of nitrogens with one attached hydrogen (secondary N) is 1. The molecule has 1 heterocycles. The fourth-order valence-electron chi connectivity index (χ4n) is 1.28. The number of hydrogen-bond acceptors (Lipinski definition) is 3. The number of rotatable bonds is 5. The Labute approximate surface area is 90.3 Å². The van der Waals surface area contributed by atoms with Gasteiger partial charge in [0.2, 0.25) is 0 Å². The van der Waals surface area contributed by atoms with Gasteiger partial charge >= 0.3 is 0 Å². The summed E-state index contributed by atoms with van der Waals surface area (Å²) in [5, 5.41) is 3.05. The van der Waals surface area contributed by atoms with Crippen LogP contribution in [-0.2, 0) is 0 Å². The molecular formula is C11H17N3O. The highest BCUT2D eigenvalue weighted by atomic mass is 16.2. The van der Waals surface area contributed by atoms with Crippen molar-refractivity contribution in [1.29, 1.82) is 0 Å². The van der Waals surface area contributed by atoms with E-state index >= 15 is 0 Å². The van der Waals surface area contributed by atoms with Crippen LogP contribution in [0.1, 0.15) is 16.9 Å². The Morgan fingerprint density at radius 2 is 2.33 bits per heavy atom. The molecule has 0 saturated carbocycles. The maximum Gasteiger partial charge on any atom is 0.272 e. The van der Waals surface area contributed by atoms with Crippen molar-refractivity contribution in [3.05, 3.63) is 30.1 Å². The van der Waals surface area contributed by atoms with Crippen LogP contribution in [0.4, 0.5) is 0 Å². The Balaban J connectivity index is 2.46. The van der Waals surface area contributed by atoms with Crippen molar-refractivity contribution < 1.29 is 4.79 Å². The van der Waals surface area contributed by atoms with Crippen molar-refractivity contribution in [1.82, 2.24) is 15.2 Å². The van der Waals surface area contributed by atoms with E-state index in [4.69, 9.17) is 0 Å². The van der Waals surface area contributed by atoms with E-state index in [1.807, 2.05) is 13.1 Å². The molecule has 1 rings (SSSR count). The van der Waals surface area contributed by atoms with Gasteiger partial charge in [-0.05, 0) is 32.1 Å². The monoisotopic (exact) mass is 207 g/mol. The van der Waals surface area contributed by atoms with Gasteiger partial charge < -0.3 is 10.2 Å². The lowest BCUT2D eigenvalue weighted by Crippen LogP contribution is -2.29. The summed E-state index contributed by atoms with van der Waals surface area (Å²) in [5.41, 5.74) is 0.504. The minimum Gasteiger partial charge on any atom is -0.340 e. The van der Waals surface area contributed by atoms with E-state index in [0.717, 1.165) is 19.5 Å². The van der Waals surface area contributed by atoms with Crippen molar-refractivity contribution in [2.24, 2.45) is 0 Å². The molecule has 0 atom stereocenters. The van der Waals surface area contributed by atoms with Gasteiger partial charge in [-0.25, -0.2) is 0 Å².